The molecule has 1 heterocycles. The van der Waals surface area contributed by atoms with Crippen molar-refractivity contribution in [3.63, 3.8) is 0 Å². The molecule has 0 spiro atoms. The van der Waals surface area contributed by atoms with Gasteiger partial charge in [0.2, 0.25) is 5.91 Å². The van der Waals surface area contributed by atoms with Gasteiger partial charge in [0, 0.05) is 19.2 Å². The zero-order valence-electron chi connectivity index (χ0n) is 8.36. The highest BCUT2D eigenvalue weighted by Crippen LogP contribution is 2.06. The first-order valence-electron chi connectivity index (χ1n) is 4.96. The Bertz CT molecular complexity index is 198. The van der Waals surface area contributed by atoms with E-state index in [0.29, 0.717) is 19.4 Å². The summed E-state index contributed by atoms with van der Waals surface area (Å²) in [5.41, 5.74) is 0. The van der Waals surface area contributed by atoms with Crippen LogP contribution in [0.2, 0.25) is 0 Å². The molecular formula is C9H18N2O3. The zero-order chi connectivity index (χ0) is 10.6. The number of hydrogen-bond acceptors (Lipinski definition) is 4. The monoisotopic (exact) mass is 202 g/mol. The maximum absolute atomic E-state index is 11.5. The standard InChI is InChI=1S/C9H18N2O3/c1-6(2-3-12)11-9(14)8-4-7(13)5-10-8/h6-8,10,12-13H,2-5H2,1H3,(H,11,14). The quantitative estimate of drug-likeness (QED) is 0.452. The predicted molar refractivity (Wildman–Crippen MR) is 51.7 cm³/mol. The molecule has 82 valence electrons. The molecule has 0 aromatic rings. The summed E-state index contributed by atoms with van der Waals surface area (Å²) in [5, 5.41) is 23.6. The summed E-state index contributed by atoms with van der Waals surface area (Å²) in [5.74, 6) is -0.0949. The summed E-state index contributed by atoms with van der Waals surface area (Å²) in [6.07, 6.45) is 0.609. The Morgan fingerprint density at radius 2 is 2.43 bits per heavy atom. The number of β-amino-alcohol motifs (C(OH)–C–C–N with tert-alkyl or cyclic N) is 1. The maximum Gasteiger partial charge on any atom is 0.237 e. The molecule has 1 aliphatic heterocycles. The van der Waals surface area contributed by atoms with E-state index in [0.717, 1.165) is 0 Å². The zero-order valence-corrected chi connectivity index (χ0v) is 8.36. The fourth-order valence-electron chi connectivity index (χ4n) is 1.53. The van der Waals surface area contributed by atoms with Crippen molar-refractivity contribution in [3.8, 4) is 0 Å². The first-order chi connectivity index (χ1) is 6.63. The van der Waals surface area contributed by atoms with Gasteiger partial charge >= 0.3 is 0 Å². The Hall–Kier alpha value is -0.650. The van der Waals surface area contributed by atoms with Crippen molar-refractivity contribution >= 4 is 5.91 Å². The van der Waals surface area contributed by atoms with Crippen molar-refractivity contribution < 1.29 is 15.0 Å². The lowest BCUT2D eigenvalue weighted by molar-refractivity contribution is -0.123. The summed E-state index contributed by atoms with van der Waals surface area (Å²) in [7, 11) is 0. The highest BCUT2D eigenvalue weighted by Gasteiger charge is 2.28. The molecule has 4 N–H and O–H groups in total. The van der Waals surface area contributed by atoms with Crippen molar-refractivity contribution in [1.82, 2.24) is 10.6 Å². The molecule has 0 aromatic carbocycles. The van der Waals surface area contributed by atoms with Crippen molar-refractivity contribution in [2.45, 2.75) is 38.0 Å². The van der Waals surface area contributed by atoms with Gasteiger partial charge in [-0.05, 0) is 19.8 Å². The molecule has 0 aromatic heterocycles. The van der Waals surface area contributed by atoms with Gasteiger partial charge in [0.1, 0.15) is 0 Å². The van der Waals surface area contributed by atoms with Crippen molar-refractivity contribution in [2.24, 2.45) is 0 Å². The van der Waals surface area contributed by atoms with E-state index in [4.69, 9.17) is 5.11 Å². The fourth-order valence-corrected chi connectivity index (χ4v) is 1.53. The second kappa shape index (κ2) is 5.29. The number of rotatable bonds is 4. The molecule has 14 heavy (non-hydrogen) atoms. The van der Waals surface area contributed by atoms with Crippen LogP contribution in [0.25, 0.3) is 0 Å². The molecule has 5 nitrogen and oxygen atoms in total. The highest BCUT2D eigenvalue weighted by molar-refractivity contribution is 5.82. The number of amides is 1. The second-order valence-corrected chi connectivity index (χ2v) is 3.77. The number of aliphatic hydroxyl groups is 2. The lowest BCUT2D eigenvalue weighted by Gasteiger charge is -2.16. The minimum Gasteiger partial charge on any atom is -0.396 e. The van der Waals surface area contributed by atoms with Crippen LogP contribution in [-0.2, 0) is 4.79 Å². The smallest absolute Gasteiger partial charge is 0.237 e. The van der Waals surface area contributed by atoms with Crippen LogP contribution in [0.5, 0.6) is 0 Å². The minimum absolute atomic E-state index is 0.0213. The van der Waals surface area contributed by atoms with Crippen molar-refractivity contribution in [1.29, 1.82) is 0 Å². The number of carbonyl (C=O) groups excluding carboxylic acids is 1. The Morgan fingerprint density at radius 1 is 1.71 bits per heavy atom. The van der Waals surface area contributed by atoms with Crippen LogP contribution in [0.1, 0.15) is 19.8 Å². The number of hydrogen-bond donors (Lipinski definition) is 4. The summed E-state index contributed by atoms with van der Waals surface area (Å²) in [6, 6.07) is -0.307. The third kappa shape index (κ3) is 3.25. The van der Waals surface area contributed by atoms with Crippen LogP contribution in [0.3, 0.4) is 0 Å². The highest BCUT2D eigenvalue weighted by atomic mass is 16.3. The second-order valence-electron chi connectivity index (χ2n) is 3.77. The van der Waals surface area contributed by atoms with Gasteiger partial charge < -0.3 is 20.8 Å². The van der Waals surface area contributed by atoms with Gasteiger partial charge in [0.05, 0.1) is 12.1 Å². The normalized spacial score (nSPS) is 28.8. The van der Waals surface area contributed by atoms with E-state index in [-0.39, 0.29) is 24.6 Å². The van der Waals surface area contributed by atoms with Gasteiger partial charge in [-0.3, -0.25) is 4.79 Å². The SMILES string of the molecule is CC(CCO)NC(=O)C1CC(O)CN1. The van der Waals surface area contributed by atoms with Gasteiger partial charge in [0.25, 0.3) is 0 Å². The van der Waals surface area contributed by atoms with Gasteiger partial charge in [-0.15, -0.1) is 0 Å². The third-order valence-corrected chi connectivity index (χ3v) is 2.37. The number of nitrogens with one attached hydrogen (secondary N) is 2. The molecule has 1 rings (SSSR count). The minimum atomic E-state index is -0.418. The molecule has 5 heteroatoms. The molecule has 0 saturated carbocycles. The maximum atomic E-state index is 11.5. The molecule has 1 amide bonds. The van der Waals surface area contributed by atoms with Gasteiger partial charge in [0.15, 0.2) is 0 Å². The topological polar surface area (TPSA) is 81.6 Å². The van der Waals surface area contributed by atoms with E-state index in [1.54, 1.807) is 0 Å². The average Bonchev–Trinajstić information content (AvgIpc) is 2.52. The summed E-state index contributed by atoms with van der Waals surface area (Å²) in [6.45, 7) is 2.40. The van der Waals surface area contributed by atoms with E-state index < -0.39 is 6.10 Å². The summed E-state index contributed by atoms with van der Waals surface area (Å²) < 4.78 is 0. The number of carbonyl (C=O) groups is 1. The average molecular weight is 202 g/mol. The molecule has 1 saturated heterocycles. The third-order valence-electron chi connectivity index (χ3n) is 2.37. The Balaban J connectivity index is 2.27. The molecule has 3 unspecified atom stereocenters. The van der Waals surface area contributed by atoms with Gasteiger partial charge in [-0.25, -0.2) is 0 Å². The van der Waals surface area contributed by atoms with Crippen LogP contribution in [-0.4, -0.2) is 47.5 Å². The predicted octanol–water partition coefficient (Wildman–Crippen LogP) is -1.40. The Kier molecular flexibility index (Phi) is 4.31. The van der Waals surface area contributed by atoms with E-state index >= 15 is 0 Å². The van der Waals surface area contributed by atoms with Crippen LogP contribution >= 0.6 is 0 Å². The van der Waals surface area contributed by atoms with E-state index in [1.165, 1.54) is 0 Å². The van der Waals surface area contributed by atoms with Crippen LogP contribution < -0.4 is 10.6 Å². The Labute approximate surface area is 83.5 Å². The fraction of sp³-hybridized carbons (Fsp3) is 0.889. The largest absolute Gasteiger partial charge is 0.396 e. The molecule has 0 radical (unpaired) electrons. The summed E-state index contributed by atoms with van der Waals surface area (Å²) >= 11 is 0. The lowest BCUT2D eigenvalue weighted by Crippen LogP contribution is -2.44. The van der Waals surface area contributed by atoms with Gasteiger partial charge in [-0.1, -0.05) is 0 Å². The number of aliphatic hydroxyl groups excluding tert-OH is 2. The molecule has 1 aliphatic rings. The van der Waals surface area contributed by atoms with Crippen LogP contribution in [0, 0.1) is 0 Å². The summed E-state index contributed by atoms with van der Waals surface area (Å²) in [4.78, 5) is 11.5. The van der Waals surface area contributed by atoms with Crippen molar-refractivity contribution in [2.75, 3.05) is 13.2 Å². The Morgan fingerprint density at radius 3 is 2.93 bits per heavy atom. The first-order valence-corrected chi connectivity index (χ1v) is 4.96. The molecule has 0 aliphatic carbocycles. The van der Waals surface area contributed by atoms with E-state index in [9.17, 15) is 9.90 Å². The van der Waals surface area contributed by atoms with E-state index in [2.05, 4.69) is 10.6 Å². The first kappa shape index (κ1) is 11.4. The van der Waals surface area contributed by atoms with E-state index in [1.807, 2.05) is 6.92 Å². The molecule has 3 atom stereocenters. The van der Waals surface area contributed by atoms with Gasteiger partial charge in [-0.2, -0.15) is 0 Å². The van der Waals surface area contributed by atoms with Crippen molar-refractivity contribution in [3.05, 3.63) is 0 Å². The molecule has 0 bridgehead atoms. The lowest BCUT2D eigenvalue weighted by atomic mass is 10.1. The van der Waals surface area contributed by atoms with Crippen LogP contribution in [0.4, 0.5) is 0 Å². The van der Waals surface area contributed by atoms with Crippen LogP contribution in [0.15, 0.2) is 0 Å². The molecule has 1 fully saturated rings. The molecular weight excluding hydrogens is 184 g/mol.